The molecule has 0 aromatic rings. The van der Waals surface area contributed by atoms with Crippen molar-refractivity contribution < 1.29 is 0 Å². The van der Waals surface area contributed by atoms with Gasteiger partial charge in [0.2, 0.25) is 0 Å². The van der Waals surface area contributed by atoms with Crippen molar-refractivity contribution in [1.29, 1.82) is 0 Å². The van der Waals surface area contributed by atoms with Gasteiger partial charge in [0.25, 0.3) is 0 Å². The first-order valence-electron chi connectivity index (χ1n) is 6.74. The van der Waals surface area contributed by atoms with Gasteiger partial charge in [-0.3, -0.25) is 0 Å². The Morgan fingerprint density at radius 3 is 1.00 bits per heavy atom. The molecule has 0 aliphatic heterocycles. The minimum Gasteiger partial charge on any atom is -0.0623 e. The molecule has 2 aliphatic rings. The molecule has 0 fully saturated rings. The zero-order valence-corrected chi connectivity index (χ0v) is 11.4. The molecule has 0 heteroatoms. The van der Waals surface area contributed by atoms with Crippen LogP contribution in [0, 0.1) is 0 Å². The summed E-state index contributed by atoms with van der Waals surface area (Å²) in [6, 6.07) is 0. The number of rotatable bonds is 0. The van der Waals surface area contributed by atoms with Gasteiger partial charge in [0, 0.05) is 0 Å². The lowest BCUT2D eigenvalue weighted by Crippen LogP contribution is -1.82. The van der Waals surface area contributed by atoms with Crippen molar-refractivity contribution in [2.75, 3.05) is 0 Å². The molecular formula is C20H18. The molecule has 2 aliphatic carbocycles. The number of allylic oxidation sites excluding steroid dienone is 20. The van der Waals surface area contributed by atoms with E-state index in [1.807, 2.05) is 60.8 Å². The molecule has 0 unspecified atom stereocenters. The normalized spacial score (nSPS) is 36.0. The van der Waals surface area contributed by atoms with Crippen LogP contribution in [0.15, 0.2) is 121 Å². The second-order valence-corrected chi connectivity index (χ2v) is 4.27. The Labute approximate surface area is 121 Å². The van der Waals surface area contributed by atoms with Gasteiger partial charge >= 0.3 is 0 Å². The fourth-order valence-electron chi connectivity index (χ4n) is 1.77. The van der Waals surface area contributed by atoms with Crippen LogP contribution in [0.1, 0.15) is 0 Å². The van der Waals surface area contributed by atoms with Gasteiger partial charge in [0.05, 0.1) is 0 Å². The van der Waals surface area contributed by atoms with Crippen LogP contribution in [0.3, 0.4) is 0 Å². The summed E-state index contributed by atoms with van der Waals surface area (Å²) in [5.41, 5.74) is 2.36. The Kier molecular flexibility index (Phi) is 5.87. The first-order chi connectivity index (χ1) is 9.97. The lowest BCUT2D eigenvalue weighted by molar-refractivity contribution is 1.53. The van der Waals surface area contributed by atoms with Gasteiger partial charge in [0.1, 0.15) is 0 Å². The van der Waals surface area contributed by atoms with Crippen LogP contribution >= 0.6 is 0 Å². The maximum atomic E-state index is 2.12. The average molecular weight is 258 g/mol. The first-order valence-corrected chi connectivity index (χ1v) is 6.74. The predicted octanol–water partition coefficient (Wildman–Crippen LogP) is 5.32. The summed E-state index contributed by atoms with van der Waals surface area (Å²) in [7, 11) is 0. The highest BCUT2D eigenvalue weighted by Gasteiger charge is 1.96. The molecule has 0 aromatic carbocycles. The topological polar surface area (TPSA) is 0 Å². The molecule has 0 amide bonds. The Morgan fingerprint density at radius 2 is 0.600 bits per heavy atom. The van der Waals surface area contributed by atoms with Gasteiger partial charge in [-0.15, -0.1) is 0 Å². The summed E-state index contributed by atoms with van der Waals surface area (Å²) in [5, 5.41) is 0. The molecule has 0 spiro atoms. The lowest BCUT2D eigenvalue weighted by atomic mass is 10.0. The van der Waals surface area contributed by atoms with E-state index in [4.69, 9.17) is 0 Å². The van der Waals surface area contributed by atoms with Gasteiger partial charge < -0.3 is 0 Å². The summed E-state index contributed by atoms with van der Waals surface area (Å²) in [6.07, 6.45) is 37.0. The van der Waals surface area contributed by atoms with Gasteiger partial charge in [-0.2, -0.15) is 0 Å². The average Bonchev–Trinajstić information content (AvgIpc) is 2.54. The lowest BCUT2D eigenvalue weighted by Gasteiger charge is -2.02. The van der Waals surface area contributed by atoms with E-state index in [1.54, 1.807) is 0 Å². The third-order valence-corrected chi connectivity index (χ3v) is 2.77. The zero-order chi connectivity index (χ0) is 13.9. The van der Waals surface area contributed by atoms with E-state index in [2.05, 4.69) is 48.6 Å². The number of hydrogen-bond donors (Lipinski definition) is 0. The smallest absolute Gasteiger partial charge is 0.0184 e. The second-order valence-electron chi connectivity index (χ2n) is 4.27. The molecule has 0 nitrogen and oxygen atoms in total. The third kappa shape index (κ3) is 4.95. The van der Waals surface area contributed by atoms with Crippen LogP contribution in [0.5, 0.6) is 0 Å². The summed E-state index contributed by atoms with van der Waals surface area (Å²) >= 11 is 0. The van der Waals surface area contributed by atoms with Gasteiger partial charge in [-0.05, 0) is 11.1 Å². The quantitative estimate of drug-likeness (QED) is 0.552. The van der Waals surface area contributed by atoms with Crippen molar-refractivity contribution in [2.45, 2.75) is 0 Å². The fourth-order valence-corrected chi connectivity index (χ4v) is 1.77. The molecule has 98 valence electrons. The standard InChI is InChI=1S/C20H18/c1-3-7-11-15-19-17-13-9-5-2-6-10-14-18-20(19)16-12-8-4-1/h1-18H/b3-1-,4-1?,5-2?,6-2-,7-3?,8-4-,9-5+,10-6?,11-7-,12-8?,13-9?,14-10-,15-11?,16-12+,17-13-,18-14?,19-15-,19-17?,20-16?,20-18-. The fraction of sp³-hybridized carbons (Fsp3) is 0. The highest BCUT2D eigenvalue weighted by atomic mass is 14.0. The van der Waals surface area contributed by atoms with Crippen LogP contribution in [-0.4, -0.2) is 0 Å². The van der Waals surface area contributed by atoms with Crippen LogP contribution in [0.25, 0.3) is 0 Å². The van der Waals surface area contributed by atoms with E-state index >= 15 is 0 Å². The van der Waals surface area contributed by atoms with Gasteiger partial charge in [-0.25, -0.2) is 0 Å². The van der Waals surface area contributed by atoms with E-state index in [0.717, 1.165) is 0 Å². The molecular weight excluding hydrogens is 240 g/mol. The van der Waals surface area contributed by atoms with Crippen LogP contribution in [-0.2, 0) is 0 Å². The van der Waals surface area contributed by atoms with Crippen LogP contribution in [0.4, 0.5) is 0 Å². The number of hydrogen-bond acceptors (Lipinski definition) is 0. The van der Waals surface area contributed by atoms with E-state index in [1.165, 1.54) is 11.1 Å². The highest BCUT2D eigenvalue weighted by molar-refractivity contribution is 5.51. The summed E-state index contributed by atoms with van der Waals surface area (Å²) in [6.45, 7) is 0. The molecule has 0 radical (unpaired) electrons. The van der Waals surface area contributed by atoms with E-state index in [9.17, 15) is 0 Å². The minimum absolute atomic E-state index is 1.18. The predicted molar refractivity (Wildman–Crippen MR) is 89.3 cm³/mol. The Morgan fingerprint density at radius 1 is 0.300 bits per heavy atom. The van der Waals surface area contributed by atoms with E-state index in [0.29, 0.717) is 0 Å². The molecule has 0 saturated heterocycles. The van der Waals surface area contributed by atoms with Crippen molar-refractivity contribution in [3.63, 3.8) is 0 Å². The van der Waals surface area contributed by atoms with E-state index < -0.39 is 0 Å². The monoisotopic (exact) mass is 258 g/mol. The molecule has 0 atom stereocenters. The zero-order valence-electron chi connectivity index (χ0n) is 11.4. The van der Waals surface area contributed by atoms with Crippen molar-refractivity contribution in [2.24, 2.45) is 0 Å². The van der Waals surface area contributed by atoms with Crippen molar-refractivity contribution in [3.8, 4) is 0 Å². The van der Waals surface area contributed by atoms with Gasteiger partial charge in [-0.1, -0.05) is 109 Å². The third-order valence-electron chi connectivity index (χ3n) is 2.77. The molecule has 0 bridgehead atoms. The Hall–Kier alpha value is -2.60. The molecule has 0 saturated carbocycles. The summed E-state index contributed by atoms with van der Waals surface area (Å²) in [4.78, 5) is 0. The van der Waals surface area contributed by atoms with Crippen molar-refractivity contribution in [1.82, 2.24) is 0 Å². The maximum absolute atomic E-state index is 2.12. The molecule has 0 aromatic heterocycles. The van der Waals surface area contributed by atoms with Gasteiger partial charge in [0.15, 0.2) is 0 Å². The molecule has 0 N–H and O–H groups in total. The molecule has 2 rings (SSSR count). The SMILES string of the molecule is C1=C\C=C/C=C/C2=C/C=C\C=C/C=C/C=C\C2=C\C=C/1. The van der Waals surface area contributed by atoms with E-state index in [-0.39, 0.29) is 0 Å². The number of fused-ring (bicyclic) bond motifs is 1. The van der Waals surface area contributed by atoms with Crippen molar-refractivity contribution >= 4 is 0 Å². The highest BCUT2D eigenvalue weighted by Crippen LogP contribution is 2.15. The largest absolute Gasteiger partial charge is 0.0623 e. The molecule has 20 heavy (non-hydrogen) atoms. The first kappa shape index (κ1) is 13.8. The minimum atomic E-state index is 1.18. The van der Waals surface area contributed by atoms with Crippen LogP contribution in [0.2, 0.25) is 0 Å². The summed E-state index contributed by atoms with van der Waals surface area (Å²) in [5.74, 6) is 0. The van der Waals surface area contributed by atoms with Crippen LogP contribution < -0.4 is 0 Å². The molecule has 0 heterocycles. The van der Waals surface area contributed by atoms with Crippen molar-refractivity contribution in [3.05, 3.63) is 121 Å². The Bertz CT molecular complexity index is 550. The second kappa shape index (κ2) is 8.49. The maximum Gasteiger partial charge on any atom is -0.0184 e. The summed E-state index contributed by atoms with van der Waals surface area (Å²) < 4.78 is 0. The Balaban J connectivity index is 2.45.